The topological polar surface area (TPSA) is 59.0 Å². The van der Waals surface area contributed by atoms with Crippen molar-refractivity contribution >= 4 is 5.97 Å². The normalized spacial score (nSPS) is 11.2. The number of carbonyl (C=O) groups excluding carboxylic acids is 1. The van der Waals surface area contributed by atoms with Crippen molar-refractivity contribution in [3.05, 3.63) is 12.2 Å². The average molecular weight is 231 g/mol. The molecule has 0 aliphatic heterocycles. The molecule has 5 heteroatoms. The molecule has 0 fully saturated rings. The number of aliphatic hydroxyl groups is 1. The largest absolute Gasteiger partial charge is 0.463 e. The number of hydrogen-bond acceptors (Lipinski definition) is 5. The van der Waals surface area contributed by atoms with Gasteiger partial charge in [0.05, 0.1) is 19.8 Å². The molecule has 0 unspecified atom stereocenters. The highest BCUT2D eigenvalue weighted by molar-refractivity contribution is 5.81. The first kappa shape index (κ1) is 15.1. The van der Waals surface area contributed by atoms with Gasteiger partial charge in [-0.1, -0.05) is 6.08 Å². The van der Waals surface area contributed by atoms with Crippen LogP contribution in [0.1, 0.15) is 6.92 Å². The van der Waals surface area contributed by atoms with Crippen molar-refractivity contribution in [2.45, 2.75) is 6.92 Å². The van der Waals surface area contributed by atoms with E-state index >= 15 is 0 Å². The highest BCUT2D eigenvalue weighted by Crippen LogP contribution is 1.90. The summed E-state index contributed by atoms with van der Waals surface area (Å²) in [4.78, 5) is 13.0. The van der Waals surface area contributed by atoms with Gasteiger partial charge in [-0.2, -0.15) is 0 Å². The number of aliphatic hydroxyl groups excluding tert-OH is 1. The van der Waals surface area contributed by atoms with Gasteiger partial charge in [-0.25, -0.2) is 4.79 Å². The zero-order chi connectivity index (χ0) is 12.2. The molecular formula is C11H21NO4. The predicted molar refractivity (Wildman–Crippen MR) is 61.2 cm³/mol. The monoisotopic (exact) mass is 231 g/mol. The lowest BCUT2D eigenvalue weighted by Gasteiger charge is -2.18. The van der Waals surface area contributed by atoms with E-state index in [9.17, 15) is 4.79 Å². The van der Waals surface area contributed by atoms with Crippen LogP contribution in [0, 0.1) is 0 Å². The third-order valence-corrected chi connectivity index (χ3v) is 1.93. The van der Waals surface area contributed by atoms with Crippen molar-refractivity contribution in [3.63, 3.8) is 0 Å². The minimum Gasteiger partial charge on any atom is -0.463 e. The molecule has 0 rings (SSSR count). The minimum absolute atomic E-state index is 0.0942. The van der Waals surface area contributed by atoms with Gasteiger partial charge >= 0.3 is 5.97 Å². The molecule has 0 amide bonds. The number of hydrogen-bond donors (Lipinski definition) is 1. The molecule has 0 atom stereocenters. The van der Waals surface area contributed by atoms with E-state index in [0.29, 0.717) is 26.3 Å². The number of methoxy groups -OCH3 is 1. The molecule has 0 aromatic carbocycles. The number of ether oxygens (including phenoxy) is 2. The Morgan fingerprint density at radius 1 is 1.44 bits per heavy atom. The summed E-state index contributed by atoms with van der Waals surface area (Å²) < 4.78 is 9.69. The van der Waals surface area contributed by atoms with Crippen molar-refractivity contribution in [1.82, 2.24) is 4.90 Å². The molecule has 0 heterocycles. The van der Waals surface area contributed by atoms with E-state index < -0.39 is 0 Å². The highest BCUT2D eigenvalue weighted by atomic mass is 16.5. The van der Waals surface area contributed by atoms with Gasteiger partial charge in [-0.15, -0.1) is 0 Å². The summed E-state index contributed by atoms with van der Waals surface area (Å²) >= 11 is 0. The van der Waals surface area contributed by atoms with Crippen molar-refractivity contribution in [2.75, 3.05) is 46.6 Å². The molecule has 0 radical (unpaired) electrons. The van der Waals surface area contributed by atoms with Crippen molar-refractivity contribution in [1.29, 1.82) is 0 Å². The molecule has 0 saturated carbocycles. The lowest BCUT2D eigenvalue weighted by molar-refractivity contribution is -0.137. The summed E-state index contributed by atoms with van der Waals surface area (Å²) in [6, 6.07) is 0. The maximum atomic E-state index is 11.0. The highest BCUT2D eigenvalue weighted by Gasteiger charge is 2.01. The number of rotatable bonds is 9. The van der Waals surface area contributed by atoms with Gasteiger partial charge in [-0.05, 0) is 6.92 Å². The zero-order valence-corrected chi connectivity index (χ0v) is 10.0. The lowest BCUT2D eigenvalue weighted by Crippen LogP contribution is -2.30. The van der Waals surface area contributed by atoms with Crippen LogP contribution in [0.2, 0.25) is 0 Å². The summed E-state index contributed by atoms with van der Waals surface area (Å²) in [5, 5.41) is 8.83. The molecule has 0 aromatic rings. The predicted octanol–water partition coefficient (Wildman–Crippen LogP) is 0.0464. The second-order valence-electron chi connectivity index (χ2n) is 3.17. The summed E-state index contributed by atoms with van der Waals surface area (Å²) in [6.45, 7) is 4.74. The molecule has 0 aromatic heterocycles. The lowest BCUT2D eigenvalue weighted by atomic mass is 10.4. The molecule has 0 spiro atoms. The Morgan fingerprint density at radius 2 is 2.19 bits per heavy atom. The zero-order valence-electron chi connectivity index (χ0n) is 10.0. The number of carbonyl (C=O) groups is 1. The smallest absolute Gasteiger partial charge is 0.330 e. The Bertz CT molecular complexity index is 206. The molecule has 5 nitrogen and oxygen atoms in total. The molecule has 1 N–H and O–H groups in total. The van der Waals surface area contributed by atoms with Gasteiger partial charge in [0, 0.05) is 32.8 Å². The van der Waals surface area contributed by atoms with Gasteiger partial charge < -0.3 is 14.6 Å². The van der Waals surface area contributed by atoms with Crippen LogP contribution in [-0.2, 0) is 14.3 Å². The first-order valence-corrected chi connectivity index (χ1v) is 5.40. The van der Waals surface area contributed by atoms with Crippen LogP contribution in [0.25, 0.3) is 0 Å². The first-order valence-electron chi connectivity index (χ1n) is 5.40. The van der Waals surface area contributed by atoms with Gasteiger partial charge in [0.25, 0.3) is 0 Å². The van der Waals surface area contributed by atoms with Gasteiger partial charge in [0.2, 0.25) is 0 Å². The maximum absolute atomic E-state index is 11.0. The molecule has 0 aliphatic rings. The van der Waals surface area contributed by atoms with Gasteiger partial charge in [0.15, 0.2) is 0 Å². The van der Waals surface area contributed by atoms with Crippen molar-refractivity contribution < 1.29 is 19.4 Å². The summed E-state index contributed by atoms with van der Waals surface area (Å²) in [5.41, 5.74) is 0. The third-order valence-electron chi connectivity index (χ3n) is 1.93. The molecule has 0 bridgehead atoms. The van der Waals surface area contributed by atoms with Crippen LogP contribution in [0.4, 0.5) is 0 Å². The number of nitrogens with zero attached hydrogens (tertiary/aromatic N) is 1. The minimum atomic E-state index is -0.335. The van der Waals surface area contributed by atoms with Crippen molar-refractivity contribution in [3.8, 4) is 0 Å². The molecule has 0 aliphatic carbocycles. The van der Waals surface area contributed by atoms with Crippen LogP contribution in [0.3, 0.4) is 0 Å². The quantitative estimate of drug-likeness (QED) is 0.449. The van der Waals surface area contributed by atoms with Crippen LogP contribution in [0.15, 0.2) is 12.2 Å². The maximum Gasteiger partial charge on any atom is 0.330 e. The van der Waals surface area contributed by atoms with E-state index in [-0.39, 0.29) is 12.6 Å². The number of esters is 1. The van der Waals surface area contributed by atoms with E-state index in [1.165, 1.54) is 6.08 Å². The SMILES string of the molecule is CCOC(=O)/C=C/CN(CCO)CCOC. The summed E-state index contributed by atoms with van der Waals surface area (Å²) in [6.07, 6.45) is 3.13. The second-order valence-corrected chi connectivity index (χ2v) is 3.17. The second kappa shape index (κ2) is 10.6. The summed E-state index contributed by atoms with van der Waals surface area (Å²) in [7, 11) is 1.63. The molecule has 16 heavy (non-hydrogen) atoms. The Kier molecular flexibility index (Phi) is 10.00. The molecule has 94 valence electrons. The Balaban J connectivity index is 3.85. The van der Waals surface area contributed by atoms with E-state index in [1.807, 2.05) is 4.90 Å². The van der Waals surface area contributed by atoms with Crippen LogP contribution in [0.5, 0.6) is 0 Å². The fourth-order valence-corrected chi connectivity index (χ4v) is 1.14. The van der Waals surface area contributed by atoms with Crippen LogP contribution >= 0.6 is 0 Å². The molecule has 0 saturated heterocycles. The molecular weight excluding hydrogens is 210 g/mol. The standard InChI is InChI=1S/C11H21NO4/c1-3-16-11(14)5-4-6-12(7-9-13)8-10-15-2/h4-5,13H,3,6-10H2,1-2H3/b5-4+. The van der Waals surface area contributed by atoms with Gasteiger partial charge in [-0.3, -0.25) is 4.90 Å². The van der Waals surface area contributed by atoms with Crippen LogP contribution in [-0.4, -0.2) is 62.5 Å². The fraction of sp³-hybridized carbons (Fsp3) is 0.727. The first-order chi connectivity index (χ1) is 7.74. The Labute approximate surface area is 96.6 Å². The summed E-state index contributed by atoms with van der Waals surface area (Å²) in [5.74, 6) is -0.335. The van der Waals surface area contributed by atoms with E-state index in [2.05, 4.69) is 0 Å². The fourth-order valence-electron chi connectivity index (χ4n) is 1.14. The van der Waals surface area contributed by atoms with E-state index in [4.69, 9.17) is 14.6 Å². The van der Waals surface area contributed by atoms with Crippen LogP contribution < -0.4 is 0 Å². The third kappa shape index (κ3) is 8.40. The Hall–Kier alpha value is -0.910. The van der Waals surface area contributed by atoms with E-state index in [0.717, 1.165) is 6.54 Å². The average Bonchev–Trinajstić information content (AvgIpc) is 2.26. The van der Waals surface area contributed by atoms with Gasteiger partial charge in [0.1, 0.15) is 0 Å². The van der Waals surface area contributed by atoms with Crippen molar-refractivity contribution in [2.24, 2.45) is 0 Å². The van der Waals surface area contributed by atoms with E-state index in [1.54, 1.807) is 20.1 Å². The Morgan fingerprint density at radius 3 is 2.75 bits per heavy atom.